The van der Waals surface area contributed by atoms with Gasteiger partial charge in [0.1, 0.15) is 5.82 Å². The van der Waals surface area contributed by atoms with Gasteiger partial charge in [-0.05, 0) is 37.1 Å². The summed E-state index contributed by atoms with van der Waals surface area (Å²) in [5, 5.41) is 7.72. The van der Waals surface area contributed by atoms with Gasteiger partial charge >= 0.3 is 0 Å². The largest absolute Gasteiger partial charge is 0.382 e. The van der Waals surface area contributed by atoms with Crippen molar-refractivity contribution in [1.82, 2.24) is 9.36 Å². The highest BCUT2D eigenvalue weighted by Crippen LogP contribution is 2.26. The summed E-state index contributed by atoms with van der Waals surface area (Å²) in [6.45, 7) is 8.07. The summed E-state index contributed by atoms with van der Waals surface area (Å²) in [5.41, 5.74) is 2.16. The van der Waals surface area contributed by atoms with E-state index >= 15 is 0 Å². The van der Waals surface area contributed by atoms with E-state index in [1.54, 1.807) is 0 Å². The first kappa shape index (κ1) is 16.2. The molecule has 0 amide bonds. The Hall–Kier alpha value is -1.66. The number of anilines is 3. The molecule has 1 saturated heterocycles. The molecule has 0 aliphatic carbocycles. The Labute approximate surface area is 141 Å². The van der Waals surface area contributed by atoms with Gasteiger partial charge in [0, 0.05) is 47.6 Å². The lowest BCUT2D eigenvalue weighted by molar-refractivity contribution is 0.0904. The van der Waals surface area contributed by atoms with E-state index in [-0.39, 0.29) is 5.41 Å². The summed E-state index contributed by atoms with van der Waals surface area (Å²) in [5.74, 6) is 0.878. The maximum absolute atomic E-state index is 5.39. The number of ether oxygens (including phenoxy) is 1. The van der Waals surface area contributed by atoms with Crippen molar-refractivity contribution in [2.75, 3.05) is 23.8 Å². The third-order valence-corrected chi connectivity index (χ3v) is 4.46. The monoisotopic (exact) mass is 332 g/mol. The molecule has 1 aliphatic rings. The zero-order valence-corrected chi connectivity index (χ0v) is 14.7. The third kappa shape index (κ3) is 4.42. The highest BCUT2D eigenvalue weighted by molar-refractivity contribution is 7.09. The second-order valence-corrected chi connectivity index (χ2v) is 7.66. The molecule has 124 valence electrons. The van der Waals surface area contributed by atoms with Gasteiger partial charge in [-0.15, -0.1) is 0 Å². The average Bonchev–Trinajstić information content (AvgIpc) is 2.99. The summed E-state index contributed by atoms with van der Waals surface area (Å²) < 4.78 is 9.81. The summed E-state index contributed by atoms with van der Waals surface area (Å²) in [7, 11) is 0. The molecule has 0 unspecified atom stereocenters. The Balaban J connectivity index is 1.59. The number of nitrogens with zero attached hydrogens (tertiary/aromatic N) is 2. The van der Waals surface area contributed by atoms with Crippen molar-refractivity contribution in [2.24, 2.45) is 0 Å². The van der Waals surface area contributed by atoms with Gasteiger partial charge in [0.25, 0.3) is 0 Å². The van der Waals surface area contributed by atoms with Gasteiger partial charge in [-0.2, -0.15) is 4.37 Å². The minimum absolute atomic E-state index is 0.0199. The Kier molecular flexibility index (Phi) is 4.82. The van der Waals surface area contributed by atoms with Crippen molar-refractivity contribution in [3.8, 4) is 0 Å². The molecule has 6 heteroatoms. The predicted octanol–water partition coefficient (Wildman–Crippen LogP) is 4.17. The highest BCUT2D eigenvalue weighted by Gasteiger charge is 2.19. The fourth-order valence-corrected chi connectivity index (χ4v) is 3.21. The first-order valence-corrected chi connectivity index (χ1v) is 8.83. The molecule has 0 radical (unpaired) electrons. The molecular weight excluding hydrogens is 308 g/mol. The van der Waals surface area contributed by atoms with E-state index in [1.165, 1.54) is 11.5 Å². The molecule has 23 heavy (non-hydrogen) atoms. The Morgan fingerprint density at radius 2 is 1.74 bits per heavy atom. The molecule has 5 nitrogen and oxygen atoms in total. The predicted molar refractivity (Wildman–Crippen MR) is 95.8 cm³/mol. The second kappa shape index (κ2) is 6.84. The average molecular weight is 332 g/mol. The SMILES string of the molecule is CC(C)(C)c1nsc(Nc2ccc(NC3CCOCC3)cc2)n1. The van der Waals surface area contributed by atoms with E-state index < -0.39 is 0 Å². The second-order valence-electron chi connectivity index (χ2n) is 6.91. The zero-order valence-electron chi connectivity index (χ0n) is 13.9. The van der Waals surface area contributed by atoms with E-state index in [1.807, 2.05) is 0 Å². The molecule has 2 heterocycles. The maximum Gasteiger partial charge on any atom is 0.207 e. The first-order chi connectivity index (χ1) is 11.0. The Bertz CT molecular complexity index is 627. The van der Waals surface area contributed by atoms with Gasteiger partial charge in [0.15, 0.2) is 0 Å². The molecule has 0 bridgehead atoms. The van der Waals surface area contributed by atoms with Gasteiger partial charge in [-0.25, -0.2) is 4.98 Å². The minimum Gasteiger partial charge on any atom is -0.382 e. The molecule has 1 aromatic heterocycles. The first-order valence-electron chi connectivity index (χ1n) is 8.06. The number of rotatable bonds is 4. The van der Waals surface area contributed by atoms with Gasteiger partial charge in [0.2, 0.25) is 5.13 Å². The van der Waals surface area contributed by atoms with Crippen LogP contribution in [0, 0.1) is 0 Å². The number of hydrogen-bond acceptors (Lipinski definition) is 6. The van der Waals surface area contributed by atoms with Crippen molar-refractivity contribution < 1.29 is 4.74 Å². The topological polar surface area (TPSA) is 59.1 Å². The van der Waals surface area contributed by atoms with Crippen LogP contribution in [0.2, 0.25) is 0 Å². The van der Waals surface area contributed by atoms with Gasteiger partial charge in [-0.1, -0.05) is 20.8 Å². The van der Waals surface area contributed by atoms with Crippen molar-refractivity contribution in [3.05, 3.63) is 30.1 Å². The number of aromatic nitrogens is 2. The highest BCUT2D eigenvalue weighted by atomic mass is 32.1. The van der Waals surface area contributed by atoms with E-state index in [2.05, 4.69) is 65.0 Å². The Morgan fingerprint density at radius 1 is 1.09 bits per heavy atom. The van der Waals surface area contributed by atoms with Crippen LogP contribution in [0.25, 0.3) is 0 Å². The lowest BCUT2D eigenvalue weighted by Gasteiger charge is -2.24. The van der Waals surface area contributed by atoms with Crippen LogP contribution >= 0.6 is 11.5 Å². The molecule has 1 aromatic carbocycles. The van der Waals surface area contributed by atoms with Crippen LogP contribution < -0.4 is 10.6 Å². The molecule has 0 atom stereocenters. The fraction of sp³-hybridized carbons (Fsp3) is 0.529. The lowest BCUT2D eigenvalue weighted by Crippen LogP contribution is -2.27. The van der Waals surface area contributed by atoms with Crippen LogP contribution in [-0.4, -0.2) is 28.6 Å². The van der Waals surface area contributed by atoms with E-state index in [0.717, 1.165) is 48.4 Å². The molecule has 1 aliphatic heterocycles. The van der Waals surface area contributed by atoms with Crippen LogP contribution in [0.5, 0.6) is 0 Å². The molecule has 0 spiro atoms. The van der Waals surface area contributed by atoms with E-state index in [9.17, 15) is 0 Å². The van der Waals surface area contributed by atoms with Crippen molar-refractivity contribution in [2.45, 2.75) is 45.1 Å². The van der Waals surface area contributed by atoms with Crippen molar-refractivity contribution in [3.63, 3.8) is 0 Å². The van der Waals surface area contributed by atoms with E-state index in [0.29, 0.717) is 6.04 Å². The maximum atomic E-state index is 5.39. The zero-order chi connectivity index (χ0) is 16.3. The van der Waals surface area contributed by atoms with E-state index in [4.69, 9.17) is 4.74 Å². The smallest absolute Gasteiger partial charge is 0.207 e. The molecule has 2 aromatic rings. The summed E-state index contributed by atoms with van der Waals surface area (Å²) in [6.07, 6.45) is 2.14. The third-order valence-electron chi connectivity index (χ3n) is 3.83. The minimum atomic E-state index is -0.0199. The number of hydrogen-bond donors (Lipinski definition) is 2. The number of benzene rings is 1. The normalized spacial score (nSPS) is 16.3. The summed E-state index contributed by atoms with van der Waals surface area (Å²) >= 11 is 1.40. The van der Waals surface area contributed by atoms with Crippen molar-refractivity contribution in [1.29, 1.82) is 0 Å². The van der Waals surface area contributed by atoms with Crippen LogP contribution in [-0.2, 0) is 10.2 Å². The fourth-order valence-electron chi connectivity index (χ4n) is 2.43. The summed E-state index contributed by atoms with van der Waals surface area (Å²) in [6, 6.07) is 8.85. The van der Waals surface area contributed by atoms with Crippen LogP contribution in [0.15, 0.2) is 24.3 Å². The standard InChI is InChI=1S/C17H24N4OS/c1-17(2,3)15-20-16(23-21-15)19-13-6-4-12(5-7-13)18-14-8-10-22-11-9-14/h4-7,14,18H,8-11H2,1-3H3,(H,19,20,21). The van der Waals surface area contributed by atoms with Crippen LogP contribution in [0.1, 0.15) is 39.4 Å². The molecule has 2 N–H and O–H groups in total. The molecule has 3 rings (SSSR count). The van der Waals surface area contributed by atoms with Gasteiger partial charge < -0.3 is 15.4 Å². The quantitative estimate of drug-likeness (QED) is 0.880. The van der Waals surface area contributed by atoms with Crippen LogP contribution in [0.3, 0.4) is 0 Å². The van der Waals surface area contributed by atoms with Gasteiger partial charge in [-0.3, -0.25) is 0 Å². The lowest BCUT2D eigenvalue weighted by atomic mass is 9.96. The summed E-state index contributed by atoms with van der Waals surface area (Å²) in [4.78, 5) is 4.56. The molecule has 0 saturated carbocycles. The van der Waals surface area contributed by atoms with Crippen LogP contribution in [0.4, 0.5) is 16.5 Å². The number of nitrogens with one attached hydrogen (secondary N) is 2. The Morgan fingerprint density at radius 3 is 2.35 bits per heavy atom. The van der Waals surface area contributed by atoms with Gasteiger partial charge in [0.05, 0.1) is 0 Å². The molecular formula is C17H24N4OS. The molecule has 1 fully saturated rings. The van der Waals surface area contributed by atoms with Crippen molar-refractivity contribution >= 4 is 28.0 Å².